The van der Waals surface area contributed by atoms with E-state index in [9.17, 15) is 18.7 Å². The summed E-state index contributed by atoms with van der Waals surface area (Å²) < 4.78 is 52.1. The van der Waals surface area contributed by atoms with Crippen LogP contribution >= 0.6 is 0 Å². The molecule has 13 heteroatoms. The van der Waals surface area contributed by atoms with Gasteiger partial charge in [0.25, 0.3) is 0 Å². The lowest BCUT2D eigenvalue weighted by Crippen LogP contribution is -2.59. The fourth-order valence-electron chi connectivity index (χ4n) is 8.27. The highest BCUT2D eigenvalue weighted by atomic mass is 19.1. The maximum absolute atomic E-state index is 17.0. The standard InChI is InChI=1S/C39H42F3N7O3/c1-4-28-31(41)8-5-23-15-27(50)16-29(32(23)28)34-33(42)35-30(17-43-34)36(48-18-25-6-7-26(19-48)49(25)38(51)44-22(2)3)46-37(45-35)52-21-39(11-12-39)20-47-13-9-24(40)10-14-47/h1,5,8,15-17,22,24-26,50H,6-7,9-14,18-21H2,2-3H3,(H,44,51). The average molecular weight is 714 g/mol. The molecule has 5 heterocycles. The Bertz CT molecular complexity index is 2080. The zero-order valence-electron chi connectivity index (χ0n) is 29.3. The van der Waals surface area contributed by atoms with E-state index >= 15 is 4.39 Å². The molecule has 52 heavy (non-hydrogen) atoms. The minimum atomic E-state index is -0.793. The van der Waals surface area contributed by atoms with E-state index in [0.29, 0.717) is 62.2 Å². The zero-order valence-corrected chi connectivity index (χ0v) is 29.3. The quantitative estimate of drug-likeness (QED) is 0.209. The minimum Gasteiger partial charge on any atom is -0.508 e. The van der Waals surface area contributed by atoms with Crippen molar-refractivity contribution in [2.24, 2.45) is 5.41 Å². The van der Waals surface area contributed by atoms with Gasteiger partial charge in [0, 0.05) is 61.3 Å². The maximum Gasteiger partial charge on any atom is 0.319 e. The molecule has 2 N–H and O–H groups in total. The number of terminal acetylenes is 1. The molecule has 0 radical (unpaired) electrons. The van der Waals surface area contributed by atoms with Gasteiger partial charge in [-0.2, -0.15) is 9.97 Å². The first-order valence-corrected chi connectivity index (χ1v) is 18.1. The van der Waals surface area contributed by atoms with Crippen LogP contribution in [0, 0.1) is 29.4 Å². The molecular weight excluding hydrogens is 671 g/mol. The summed E-state index contributed by atoms with van der Waals surface area (Å²) in [5, 5.41) is 14.7. The normalized spacial score (nSPS) is 21.6. The Balaban J connectivity index is 1.19. The number of fused-ring (bicyclic) bond motifs is 4. The van der Waals surface area contributed by atoms with Gasteiger partial charge in [-0.3, -0.25) is 4.98 Å². The van der Waals surface area contributed by atoms with E-state index in [1.165, 1.54) is 30.5 Å². The number of benzene rings is 2. The third-order valence-electron chi connectivity index (χ3n) is 11.1. The average Bonchev–Trinajstić information content (AvgIpc) is 3.83. The summed E-state index contributed by atoms with van der Waals surface area (Å²) in [5.41, 5.74) is -0.254. The number of urea groups is 1. The summed E-state index contributed by atoms with van der Waals surface area (Å²) in [4.78, 5) is 33.4. The number of phenolic OH excluding ortho intramolecular Hbond substituents is 1. The van der Waals surface area contributed by atoms with E-state index in [1.807, 2.05) is 18.7 Å². The molecule has 1 saturated carbocycles. The van der Waals surface area contributed by atoms with Gasteiger partial charge >= 0.3 is 12.0 Å². The Morgan fingerprint density at radius 2 is 1.85 bits per heavy atom. The number of aromatic hydroxyl groups is 1. The first-order chi connectivity index (χ1) is 25.0. The number of halogens is 3. The number of aromatic nitrogens is 3. The molecule has 4 fully saturated rings. The molecule has 2 unspecified atom stereocenters. The number of hydrogen-bond acceptors (Lipinski definition) is 8. The zero-order chi connectivity index (χ0) is 36.3. The molecule has 2 bridgehead atoms. The van der Waals surface area contributed by atoms with Crippen molar-refractivity contribution in [3.8, 4) is 35.4 Å². The second kappa shape index (κ2) is 13.3. The monoisotopic (exact) mass is 713 g/mol. The number of phenols is 1. The molecule has 4 aliphatic rings. The van der Waals surface area contributed by atoms with Crippen molar-refractivity contribution in [2.45, 2.75) is 76.7 Å². The number of carbonyl (C=O) groups is 1. The minimum absolute atomic E-state index is 0.000767. The van der Waals surface area contributed by atoms with E-state index < -0.39 is 17.8 Å². The van der Waals surface area contributed by atoms with Gasteiger partial charge in [-0.25, -0.2) is 18.0 Å². The summed E-state index contributed by atoms with van der Waals surface area (Å²) in [7, 11) is 0. The number of piperazine rings is 1. The van der Waals surface area contributed by atoms with E-state index in [4.69, 9.17) is 16.1 Å². The number of ether oxygens (including phenoxy) is 1. The third kappa shape index (κ3) is 6.31. The van der Waals surface area contributed by atoms with Crippen molar-refractivity contribution in [1.29, 1.82) is 0 Å². The van der Waals surface area contributed by atoms with Crippen molar-refractivity contribution in [3.05, 3.63) is 47.7 Å². The summed E-state index contributed by atoms with van der Waals surface area (Å²) in [6.45, 7) is 7.34. The molecule has 1 aliphatic carbocycles. The fraction of sp³-hybridized carbons (Fsp3) is 0.487. The van der Waals surface area contributed by atoms with Crippen LogP contribution in [0.3, 0.4) is 0 Å². The molecule has 4 aromatic rings. The Hall–Kier alpha value is -4.83. The molecule has 3 aliphatic heterocycles. The molecule has 10 nitrogen and oxygen atoms in total. The second-order valence-electron chi connectivity index (χ2n) is 15.2. The van der Waals surface area contributed by atoms with Crippen LogP contribution in [0.2, 0.25) is 0 Å². The van der Waals surface area contributed by atoms with Crippen LogP contribution in [-0.2, 0) is 0 Å². The van der Waals surface area contributed by atoms with E-state index in [1.54, 1.807) is 0 Å². The van der Waals surface area contributed by atoms with Crippen LogP contribution in [-0.4, -0.2) is 99.5 Å². The Kier molecular flexibility index (Phi) is 8.76. The first-order valence-electron chi connectivity index (χ1n) is 18.1. The van der Waals surface area contributed by atoms with E-state index in [2.05, 4.69) is 31.0 Å². The lowest BCUT2D eigenvalue weighted by atomic mass is 9.96. The van der Waals surface area contributed by atoms with Gasteiger partial charge < -0.3 is 29.9 Å². The van der Waals surface area contributed by atoms with Gasteiger partial charge in [0.05, 0.1) is 29.6 Å². The Morgan fingerprint density at radius 1 is 1.12 bits per heavy atom. The highest BCUT2D eigenvalue weighted by molar-refractivity contribution is 6.03. The molecule has 3 saturated heterocycles. The highest BCUT2D eigenvalue weighted by Crippen LogP contribution is 2.47. The molecule has 8 rings (SSSR count). The van der Waals surface area contributed by atoms with Crippen LogP contribution < -0.4 is 15.0 Å². The summed E-state index contributed by atoms with van der Waals surface area (Å²) in [6.07, 6.45) is 11.1. The van der Waals surface area contributed by atoms with E-state index in [0.717, 1.165) is 32.2 Å². The smallest absolute Gasteiger partial charge is 0.319 e. The number of rotatable bonds is 8. The van der Waals surface area contributed by atoms with Crippen molar-refractivity contribution in [3.63, 3.8) is 0 Å². The summed E-state index contributed by atoms with van der Waals surface area (Å²) >= 11 is 0. The van der Waals surface area contributed by atoms with E-state index in [-0.39, 0.29) is 69.1 Å². The van der Waals surface area contributed by atoms with Crippen LogP contribution in [0.5, 0.6) is 11.8 Å². The molecule has 0 spiro atoms. The predicted molar refractivity (Wildman–Crippen MR) is 192 cm³/mol. The highest BCUT2D eigenvalue weighted by Gasteiger charge is 2.46. The van der Waals surface area contributed by atoms with Crippen LogP contribution in [0.25, 0.3) is 32.9 Å². The maximum atomic E-state index is 17.0. The molecule has 272 valence electrons. The predicted octanol–water partition coefficient (Wildman–Crippen LogP) is 6.17. The van der Waals surface area contributed by atoms with Crippen LogP contribution in [0.15, 0.2) is 30.5 Å². The van der Waals surface area contributed by atoms with Crippen molar-refractivity contribution >= 4 is 33.5 Å². The lowest BCUT2D eigenvalue weighted by molar-refractivity contribution is 0.107. The topological polar surface area (TPSA) is 107 Å². The van der Waals surface area contributed by atoms with Gasteiger partial charge in [0.1, 0.15) is 34.8 Å². The lowest BCUT2D eigenvalue weighted by Gasteiger charge is -2.42. The largest absolute Gasteiger partial charge is 0.508 e. The number of likely N-dealkylation sites (tertiary alicyclic amines) is 1. The number of piperidine rings is 1. The van der Waals surface area contributed by atoms with Crippen molar-refractivity contribution in [1.82, 2.24) is 30.1 Å². The number of anilines is 1. The summed E-state index contributed by atoms with van der Waals surface area (Å²) in [5.74, 6) is 1.22. The van der Waals surface area contributed by atoms with Gasteiger partial charge in [-0.1, -0.05) is 12.0 Å². The summed E-state index contributed by atoms with van der Waals surface area (Å²) in [6, 6.07) is 5.23. The number of alkyl halides is 1. The number of hydrogen-bond donors (Lipinski definition) is 2. The van der Waals surface area contributed by atoms with Crippen LogP contribution in [0.4, 0.5) is 23.8 Å². The number of carbonyl (C=O) groups excluding carboxylic acids is 1. The number of amides is 2. The number of nitrogens with one attached hydrogen (secondary N) is 1. The Labute approximate surface area is 300 Å². The molecule has 2 aromatic heterocycles. The third-order valence-corrected chi connectivity index (χ3v) is 11.1. The Morgan fingerprint density at radius 3 is 2.52 bits per heavy atom. The van der Waals surface area contributed by atoms with Crippen molar-refractivity contribution < 1.29 is 27.8 Å². The van der Waals surface area contributed by atoms with Gasteiger partial charge in [-0.15, -0.1) is 6.42 Å². The second-order valence-corrected chi connectivity index (χ2v) is 15.2. The van der Waals surface area contributed by atoms with Crippen LogP contribution in [0.1, 0.15) is 57.9 Å². The molecule has 2 aromatic carbocycles. The van der Waals surface area contributed by atoms with Gasteiger partial charge in [0.15, 0.2) is 5.82 Å². The van der Waals surface area contributed by atoms with Gasteiger partial charge in [-0.05, 0) is 76.0 Å². The first kappa shape index (κ1) is 34.3. The molecule has 2 atom stereocenters. The molecular formula is C39H42F3N7O3. The number of pyridine rings is 1. The number of nitrogens with zero attached hydrogens (tertiary/aromatic N) is 6. The SMILES string of the molecule is C#Cc1c(F)ccc2cc(O)cc(-c3ncc4c(N5CC6CCC(C5)N6C(=O)NC(C)C)nc(OCC5(CN6CCC(F)CC6)CC5)nc4c3F)c12. The van der Waals surface area contributed by atoms with Gasteiger partial charge in [0.2, 0.25) is 0 Å². The fourth-order valence-corrected chi connectivity index (χ4v) is 8.27. The molecule has 2 amide bonds. The van der Waals surface area contributed by atoms with Crippen molar-refractivity contribution in [2.75, 3.05) is 44.2 Å².